The molecule has 1 aromatic carbocycles. The molecular formula is C17H20N2O2. The van der Waals surface area contributed by atoms with Gasteiger partial charge in [0.2, 0.25) is 5.89 Å². The van der Waals surface area contributed by atoms with Crippen LogP contribution in [0.4, 0.5) is 0 Å². The minimum absolute atomic E-state index is 0.0247. The van der Waals surface area contributed by atoms with Crippen LogP contribution >= 0.6 is 0 Å². The highest BCUT2D eigenvalue weighted by Crippen LogP contribution is 2.38. The predicted octanol–water partition coefficient (Wildman–Crippen LogP) is 3.17. The van der Waals surface area contributed by atoms with E-state index in [4.69, 9.17) is 4.52 Å². The van der Waals surface area contributed by atoms with Crippen LogP contribution in [0.3, 0.4) is 0 Å². The van der Waals surface area contributed by atoms with E-state index in [1.807, 2.05) is 0 Å². The van der Waals surface area contributed by atoms with Crippen LogP contribution in [0.2, 0.25) is 0 Å². The Morgan fingerprint density at radius 1 is 1.10 bits per heavy atom. The Labute approximate surface area is 124 Å². The first-order chi connectivity index (χ1) is 10.3. The van der Waals surface area contributed by atoms with Crippen molar-refractivity contribution in [2.75, 3.05) is 0 Å². The Morgan fingerprint density at radius 2 is 1.95 bits per heavy atom. The number of aromatic nitrogens is 2. The SMILES string of the molecule is OC1CCCCC1c1nc(C2CCc3ccccc32)no1. The van der Waals surface area contributed by atoms with Crippen molar-refractivity contribution in [1.82, 2.24) is 10.1 Å². The Bertz CT molecular complexity index is 637. The zero-order chi connectivity index (χ0) is 14.2. The number of rotatable bonds is 2. The third-order valence-electron chi connectivity index (χ3n) is 4.95. The molecule has 1 fully saturated rings. The zero-order valence-corrected chi connectivity index (χ0v) is 12.0. The molecule has 4 rings (SSSR count). The van der Waals surface area contributed by atoms with E-state index in [-0.39, 0.29) is 17.9 Å². The summed E-state index contributed by atoms with van der Waals surface area (Å²) >= 11 is 0. The lowest BCUT2D eigenvalue weighted by Gasteiger charge is -2.24. The molecule has 1 saturated carbocycles. The Morgan fingerprint density at radius 3 is 2.86 bits per heavy atom. The third-order valence-corrected chi connectivity index (χ3v) is 4.95. The van der Waals surface area contributed by atoms with Gasteiger partial charge in [-0.2, -0.15) is 4.98 Å². The number of fused-ring (bicyclic) bond motifs is 1. The molecule has 110 valence electrons. The van der Waals surface area contributed by atoms with Crippen molar-refractivity contribution in [3.8, 4) is 0 Å². The second-order valence-corrected chi connectivity index (χ2v) is 6.24. The fourth-order valence-corrected chi connectivity index (χ4v) is 3.76. The van der Waals surface area contributed by atoms with Crippen LogP contribution in [-0.4, -0.2) is 21.4 Å². The fraction of sp³-hybridized carbons (Fsp3) is 0.529. The summed E-state index contributed by atoms with van der Waals surface area (Å²) in [4.78, 5) is 4.63. The summed E-state index contributed by atoms with van der Waals surface area (Å²) in [6.07, 6.45) is 5.81. The number of hydrogen-bond donors (Lipinski definition) is 1. The van der Waals surface area contributed by atoms with Crippen molar-refractivity contribution in [3.05, 3.63) is 47.1 Å². The van der Waals surface area contributed by atoms with Crippen LogP contribution in [0.5, 0.6) is 0 Å². The first kappa shape index (κ1) is 13.0. The minimum Gasteiger partial charge on any atom is -0.392 e. The maximum Gasteiger partial charge on any atom is 0.232 e. The highest BCUT2D eigenvalue weighted by atomic mass is 16.5. The molecule has 2 aliphatic carbocycles. The van der Waals surface area contributed by atoms with Gasteiger partial charge in [0, 0.05) is 5.92 Å². The van der Waals surface area contributed by atoms with Gasteiger partial charge in [0.15, 0.2) is 5.82 Å². The summed E-state index contributed by atoms with van der Waals surface area (Å²) in [5.41, 5.74) is 2.72. The molecule has 1 aromatic heterocycles. The van der Waals surface area contributed by atoms with Crippen molar-refractivity contribution >= 4 is 0 Å². The van der Waals surface area contributed by atoms with Gasteiger partial charge in [-0.25, -0.2) is 0 Å². The number of nitrogens with zero attached hydrogens (tertiary/aromatic N) is 2. The molecular weight excluding hydrogens is 264 g/mol. The van der Waals surface area contributed by atoms with E-state index in [0.29, 0.717) is 5.89 Å². The van der Waals surface area contributed by atoms with Crippen LogP contribution in [0, 0.1) is 0 Å². The molecule has 0 spiro atoms. The van der Waals surface area contributed by atoms with Crippen molar-refractivity contribution in [1.29, 1.82) is 0 Å². The molecule has 0 radical (unpaired) electrons. The second kappa shape index (κ2) is 5.26. The molecule has 0 bridgehead atoms. The molecule has 21 heavy (non-hydrogen) atoms. The molecule has 2 aliphatic rings. The minimum atomic E-state index is -0.331. The predicted molar refractivity (Wildman–Crippen MR) is 78.1 cm³/mol. The molecule has 0 aliphatic heterocycles. The van der Waals surface area contributed by atoms with Gasteiger partial charge in [0.25, 0.3) is 0 Å². The molecule has 1 heterocycles. The van der Waals surface area contributed by atoms with Gasteiger partial charge in [0.1, 0.15) is 0 Å². The number of hydrogen-bond acceptors (Lipinski definition) is 4. The van der Waals surface area contributed by atoms with Crippen molar-refractivity contribution in [2.45, 2.75) is 56.5 Å². The van der Waals surface area contributed by atoms with Gasteiger partial charge in [-0.1, -0.05) is 42.3 Å². The standard InChI is InChI=1S/C17H20N2O2/c20-15-8-4-3-7-14(15)17-18-16(19-21-17)13-10-9-11-5-1-2-6-12(11)13/h1-2,5-6,13-15,20H,3-4,7-10H2. The summed E-state index contributed by atoms with van der Waals surface area (Å²) in [6.45, 7) is 0. The average Bonchev–Trinajstić information content (AvgIpc) is 3.14. The number of aliphatic hydroxyl groups is 1. The molecule has 1 N–H and O–H groups in total. The molecule has 0 saturated heterocycles. The van der Waals surface area contributed by atoms with E-state index >= 15 is 0 Å². The first-order valence-corrected chi connectivity index (χ1v) is 7.92. The monoisotopic (exact) mass is 284 g/mol. The topological polar surface area (TPSA) is 59.2 Å². The van der Waals surface area contributed by atoms with Gasteiger partial charge in [-0.3, -0.25) is 0 Å². The van der Waals surface area contributed by atoms with Crippen LogP contribution in [0.15, 0.2) is 28.8 Å². The highest BCUT2D eigenvalue weighted by Gasteiger charge is 2.32. The van der Waals surface area contributed by atoms with E-state index in [2.05, 4.69) is 34.4 Å². The van der Waals surface area contributed by atoms with Gasteiger partial charge in [-0.15, -0.1) is 0 Å². The van der Waals surface area contributed by atoms with Gasteiger partial charge in [0.05, 0.1) is 12.0 Å². The first-order valence-electron chi connectivity index (χ1n) is 7.92. The van der Waals surface area contributed by atoms with E-state index < -0.39 is 0 Å². The molecule has 2 aromatic rings. The lowest BCUT2D eigenvalue weighted by Crippen LogP contribution is -2.22. The fourth-order valence-electron chi connectivity index (χ4n) is 3.76. The normalized spacial score (nSPS) is 28.5. The molecule has 3 atom stereocenters. The Balaban J connectivity index is 1.61. The van der Waals surface area contributed by atoms with E-state index in [1.54, 1.807) is 0 Å². The average molecular weight is 284 g/mol. The second-order valence-electron chi connectivity index (χ2n) is 6.24. The molecule has 4 nitrogen and oxygen atoms in total. The maximum atomic E-state index is 10.1. The Hall–Kier alpha value is -1.68. The zero-order valence-electron chi connectivity index (χ0n) is 12.0. The summed E-state index contributed by atoms with van der Waals surface area (Å²) < 4.78 is 5.48. The van der Waals surface area contributed by atoms with Gasteiger partial charge < -0.3 is 9.63 Å². The third kappa shape index (κ3) is 2.27. The van der Waals surface area contributed by atoms with Crippen LogP contribution in [0.25, 0.3) is 0 Å². The quantitative estimate of drug-likeness (QED) is 0.920. The molecule has 4 heteroatoms. The van der Waals surface area contributed by atoms with Crippen LogP contribution < -0.4 is 0 Å². The lowest BCUT2D eigenvalue weighted by molar-refractivity contribution is 0.0908. The van der Waals surface area contributed by atoms with Crippen molar-refractivity contribution in [2.24, 2.45) is 0 Å². The molecule has 0 amide bonds. The maximum absolute atomic E-state index is 10.1. The van der Waals surface area contributed by atoms with Crippen LogP contribution in [0.1, 0.15) is 66.8 Å². The highest BCUT2D eigenvalue weighted by molar-refractivity contribution is 5.38. The lowest BCUT2D eigenvalue weighted by atomic mass is 9.86. The number of aryl methyl sites for hydroxylation is 1. The van der Waals surface area contributed by atoms with E-state index in [9.17, 15) is 5.11 Å². The smallest absolute Gasteiger partial charge is 0.232 e. The van der Waals surface area contributed by atoms with E-state index in [1.165, 1.54) is 11.1 Å². The summed E-state index contributed by atoms with van der Waals surface area (Å²) in [7, 11) is 0. The van der Waals surface area contributed by atoms with Gasteiger partial charge >= 0.3 is 0 Å². The van der Waals surface area contributed by atoms with Crippen LogP contribution in [-0.2, 0) is 6.42 Å². The number of aliphatic hydroxyl groups excluding tert-OH is 1. The van der Waals surface area contributed by atoms with Crippen molar-refractivity contribution < 1.29 is 9.63 Å². The summed E-state index contributed by atoms with van der Waals surface area (Å²) in [5.74, 6) is 1.69. The largest absolute Gasteiger partial charge is 0.392 e. The molecule has 3 unspecified atom stereocenters. The van der Waals surface area contributed by atoms with Gasteiger partial charge in [-0.05, 0) is 36.8 Å². The Kier molecular flexibility index (Phi) is 3.26. The summed E-state index contributed by atoms with van der Waals surface area (Å²) in [6, 6.07) is 8.50. The van der Waals surface area contributed by atoms with Crippen molar-refractivity contribution in [3.63, 3.8) is 0 Å². The number of benzene rings is 1. The van der Waals surface area contributed by atoms with E-state index in [0.717, 1.165) is 44.3 Å². The summed E-state index contributed by atoms with van der Waals surface area (Å²) in [5, 5.41) is 14.3.